The first-order chi connectivity index (χ1) is 17.2. The summed E-state index contributed by atoms with van der Waals surface area (Å²) < 4.78 is 56.2. The Morgan fingerprint density at radius 1 is 0.944 bits per heavy atom. The Morgan fingerprint density at radius 2 is 1.69 bits per heavy atom. The Hall–Kier alpha value is -4.42. The number of halogens is 3. The summed E-state index contributed by atoms with van der Waals surface area (Å²) in [6.07, 6.45) is -0.138. The van der Waals surface area contributed by atoms with E-state index < -0.39 is 11.9 Å². The monoisotopic (exact) mass is 501 g/mol. The first-order valence-corrected chi connectivity index (χ1v) is 10.7. The predicted octanol–water partition coefficient (Wildman–Crippen LogP) is 3.80. The van der Waals surface area contributed by atoms with Crippen LogP contribution in [0, 0.1) is 6.92 Å². The number of pyridine rings is 1. The number of nitrogens with one attached hydrogen (secondary N) is 1. The van der Waals surface area contributed by atoms with Gasteiger partial charge in [0.15, 0.2) is 17.2 Å². The van der Waals surface area contributed by atoms with Crippen LogP contribution in [0.3, 0.4) is 0 Å². The van der Waals surface area contributed by atoms with E-state index in [-0.39, 0.29) is 31.1 Å². The van der Waals surface area contributed by atoms with Gasteiger partial charge in [0.2, 0.25) is 0 Å². The minimum Gasteiger partial charge on any atom is -0.493 e. The minimum atomic E-state index is -4.61. The molecule has 0 unspecified atom stereocenters. The topological polar surface area (TPSA) is 130 Å². The maximum absolute atomic E-state index is 13.1. The number of nitrogen functional groups attached to an aromatic ring is 1. The number of aromatic nitrogens is 5. The summed E-state index contributed by atoms with van der Waals surface area (Å²) in [5, 5.41) is 3.61. The molecule has 188 valence electrons. The van der Waals surface area contributed by atoms with E-state index in [9.17, 15) is 13.2 Å². The predicted molar refractivity (Wildman–Crippen MR) is 125 cm³/mol. The minimum absolute atomic E-state index is 0.0393. The third-order valence-corrected chi connectivity index (χ3v) is 4.87. The molecule has 4 aromatic rings. The number of benzene rings is 1. The Bertz CT molecular complexity index is 1350. The van der Waals surface area contributed by atoms with Crippen molar-refractivity contribution < 1.29 is 27.4 Å². The highest BCUT2D eigenvalue weighted by Crippen LogP contribution is 2.35. The molecule has 0 aliphatic rings. The van der Waals surface area contributed by atoms with Crippen LogP contribution in [-0.4, -0.2) is 45.2 Å². The number of anilines is 2. The second kappa shape index (κ2) is 10.5. The summed E-state index contributed by atoms with van der Waals surface area (Å²) in [4.78, 5) is 20.2. The van der Waals surface area contributed by atoms with Gasteiger partial charge in [-0.1, -0.05) is 0 Å². The van der Waals surface area contributed by atoms with E-state index in [0.29, 0.717) is 39.8 Å². The van der Waals surface area contributed by atoms with E-state index in [1.165, 1.54) is 31.9 Å². The van der Waals surface area contributed by atoms with Crippen molar-refractivity contribution in [2.24, 2.45) is 0 Å². The van der Waals surface area contributed by atoms with Crippen molar-refractivity contribution in [2.75, 3.05) is 31.4 Å². The summed E-state index contributed by atoms with van der Waals surface area (Å²) >= 11 is 0. The van der Waals surface area contributed by atoms with Crippen LogP contribution in [-0.2, 0) is 12.7 Å². The lowest BCUT2D eigenvalue weighted by atomic mass is 10.2. The van der Waals surface area contributed by atoms with E-state index in [2.05, 4.69) is 30.2 Å². The van der Waals surface area contributed by atoms with Gasteiger partial charge in [-0.15, -0.1) is 0 Å². The first kappa shape index (κ1) is 24.7. The maximum Gasteiger partial charge on any atom is 0.433 e. The highest BCUT2D eigenvalue weighted by molar-refractivity contribution is 5.91. The van der Waals surface area contributed by atoms with Gasteiger partial charge >= 0.3 is 6.18 Å². The summed E-state index contributed by atoms with van der Waals surface area (Å²) in [5.74, 6) is 2.21. The van der Waals surface area contributed by atoms with Crippen molar-refractivity contribution in [2.45, 2.75) is 19.6 Å². The highest BCUT2D eigenvalue weighted by atomic mass is 19.4. The molecule has 0 bridgehead atoms. The lowest BCUT2D eigenvalue weighted by Crippen LogP contribution is -2.13. The molecule has 0 spiro atoms. The van der Waals surface area contributed by atoms with E-state index >= 15 is 0 Å². The molecule has 3 heterocycles. The third-order valence-electron chi connectivity index (χ3n) is 4.87. The van der Waals surface area contributed by atoms with Crippen LogP contribution in [0.15, 0.2) is 43.0 Å². The molecule has 0 saturated heterocycles. The van der Waals surface area contributed by atoms with E-state index in [1.807, 2.05) is 0 Å². The zero-order valence-corrected chi connectivity index (χ0v) is 19.3. The first-order valence-electron chi connectivity index (χ1n) is 10.7. The van der Waals surface area contributed by atoms with E-state index in [1.54, 1.807) is 19.1 Å². The Morgan fingerprint density at radius 3 is 2.42 bits per heavy atom. The van der Waals surface area contributed by atoms with Gasteiger partial charge in [0.1, 0.15) is 36.9 Å². The Kier molecular flexibility index (Phi) is 7.17. The Balaban J connectivity index is 1.55. The van der Waals surface area contributed by atoms with Gasteiger partial charge in [-0.3, -0.25) is 0 Å². The maximum atomic E-state index is 13.1. The van der Waals surface area contributed by atoms with Gasteiger partial charge in [0, 0.05) is 17.1 Å². The summed E-state index contributed by atoms with van der Waals surface area (Å²) in [5.41, 5.74) is 5.21. The van der Waals surface area contributed by atoms with Gasteiger partial charge in [0.25, 0.3) is 0 Å². The fourth-order valence-electron chi connectivity index (χ4n) is 3.35. The molecule has 4 rings (SSSR count). The number of fused-ring (bicyclic) bond motifs is 1. The number of aryl methyl sites for hydroxylation is 1. The van der Waals surface area contributed by atoms with Crippen LogP contribution in [0.25, 0.3) is 10.9 Å². The van der Waals surface area contributed by atoms with Crippen molar-refractivity contribution in [1.82, 2.24) is 24.9 Å². The van der Waals surface area contributed by atoms with Crippen LogP contribution < -0.4 is 25.3 Å². The van der Waals surface area contributed by atoms with Crippen molar-refractivity contribution >= 4 is 22.4 Å². The van der Waals surface area contributed by atoms with Crippen LogP contribution in [0.1, 0.15) is 17.2 Å². The van der Waals surface area contributed by atoms with Crippen molar-refractivity contribution in [3.8, 4) is 17.2 Å². The summed E-state index contributed by atoms with van der Waals surface area (Å²) in [6, 6.07) is 5.54. The Labute approximate surface area is 203 Å². The summed E-state index contributed by atoms with van der Waals surface area (Å²) in [7, 11) is 1.50. The molecule has 0 aliphatic carbocycles. The second-order valence-electron chi connectivity index (χ2n) is 7.54. The number of methoxy groups -OCH3 is 1. The van der Waals surface area contributed by atoms with Gasteiger partial charge in [0.05, 0.1) is 37.3 Å². The van der Waals surface area contributed by atoms with Gasteiger partial charge in [-0.2, -0.15) is 13.2 Å². The van der Waals surface area contributed by atoms with Crippen molar-refractivity contribution in [3.63, 3.8) is 0 Å². The van der Waals surface area contributed by atoms with Gasteiger partial charge in [-0.25, -0.2) is 24.9 Å². The molecular formula is C23H22F3N7O3. The number of nitrogens with zero attached hydrogens (tertiary/aromatic N) is 5. The average Bonchev–Trinajstić information content (AvgIpc) is 2.84. The normalized spacial score (nSPS) is 11.4. The number of rotatable bonds is 9. The highest BCUT2D eigenvalue weighted by Gasteiger charge is 2.33. The molecule has 0 atom stereocenters. The van der Waals surface area contributed by atoms with Crippen LogP contribution in [0.4, 0.5) is 24.7 Å². The molecule has 0 aliphatic heterocycles. The third kappa shape index (κ3) is 5.98. The molecule has 3 aromatic heterocycles. The van der Waals surface area contributed by atoms with Crippen molar-refractivity contribution in [1.29, 1.82) is 0 Å². The lowest BCUT2D eigenvalue weighted by Gasteiger charge is -2.15. The number of hydrogen-bond acceptors (Lipinski definition) is 10. The van der Waals surface area contributed by atoms with Gasteiger partial charge < -0.3 is 25.3 Å². The summed E-state index contributed by atoms with van der Waals surface area (Å²) in [6.45, 7) is 2.08. The van der Waals surface area contributed by atoms with E-state index in [4.69, 9.17) is 19.9 Å². The number of hydrogen-bond donors (Lipinski definition) is 2. The average molecular weight is 501 g/mol. The zero-order chi connectivity index (χ0) is 25.7. The molecule has 0 fully saturated rings. The van der Waals surface area contributed by atoms with Crippen molar-refractivity contribution in [3.05, 3.63) is 60.2 Å². The number of alkyl halides is 3. The molecule has 36 heavy (non-hydrogen) atoms. The van der Waals surface area contributed by atoms with Crippen LogP contribution in [0.2, 0.25) is 0 Å². The molecule has 13 heteroatoms. The van der Waals surface area contributed by atoms with E-state index in [0.717, 1.165) is 6.07 Å². The largest absolute Gasteiger partial charge is 0.493 e. The molecule has 10 nitrogen and oxygen atoms in total. The molecule has 0 saturated carbocycles. The molecule has 0 radical (unpaired) electrons. The van der Waals surface area contributed by atoms with Gasteiger partial charge in [-0.05, 0) is 25.1 Å². The fourth-order valence-corrected chi connectivity index (χ4v) is 3.35. The molecule has 1 aromatic carbocycles. The molecule has 0 amide bonds. The SMILES string of the molecule is COc1cc2nc(C)nc(NCc3cc(N)cc(C(F)(F)F)n3)c2cc1OCCOc1cncnc1. The lowest BCUT2D eigenvalue weighted by molar-refractivity contribution is -0.141. The quantitative estimate of drug-likeness (QED) is 0.327. The zero-order valence-electron chi connectivity index (χ0n) is 19.3. The number of ether oxygens (including phenoxy) is 3. The smallest absolute Gasteiger partial charge is 0.433 e. The van der Waals surface area contributed by atoms with Crippen LogP contribution in [0.5, 0.6) is 17.2 Å². The molecule has 3 N–H and O–H groups in total. The fraction of sp³-hybridized carbons (Fsp3) is 0.261. The standard InChI is InChI=1S/C23H22F3N7O3/c1-13-31-18-8-19(34-2)20(36-4-3-35-16-10-28-12-29-11-16)7-17(18)22(32-13)30-9-15-5-14(27)6-21(33-15)23(24,25)26/h5-8,10-12H,3-4,9H2,1-2H3,(H2,27,33)(H,30,31,32). The van der Waals surface area contributed by atoms with Crippen LogP contribution >= 0.6 is 0 Å². The molecular weight excluding hydrogens is 479 g/mol. The second-order valence-corrected chi connectivity index (χ2v) is 7.54. The number of nitrogens with two attached hydrogens (primary N) is 1.